The van der Waals surface area contributed by atoms with Crippen LogP contribution < -0.4 is 5.32 Å². The molecular formula is C19H29NO2. The standard InChI is InChI=1S/C19H29NO2/c1-16(2)19(13-8-5-9-14-19)22-18(21)20-15-12-17-10-6-3-4-7-11-17/h3,6-7,10-11,16H,4-5,8-9,12-15H2,1-2H3,(H,20,21). The van der Waals surface area contributed by atoms with Crippen molar-refractivity contribution in [2.75, 3.05) is 6.54 Å². The van der Waals surface area contributed by atoms with E-state index >= 15 is 0 Å². The molecule has 0 unspecified atom stereocenters. The van der Waals surface area contributed by atoms with Crippen molar-refractivity contribution in [1.82, 2.24) is 5.32 Å². The molecule has 0 aliphatic heterocycles. The van der Waals surface area contributed by atoms with Gasteiger partial charge >= 0.3 is 6.09 Å². The molecule has 0 aromatic heterocycles. The highest BCUT2D eigenvalue weighted by atomic mass is 16.6. The molecule has 22 heavy (non-hydrogen) atoms. The lowest BCUT2D eigenvalue weighted by atomic mass is 9.77. The van der Waals surface area contributed by atoms with Gasteiger partial charge in [-0.3, -0.25) is 0 Å². The Morgan fingerprint density at radius 3 is 2.77 bits per heavy atom. The van der Waals surface area contributed by atoms with Gasteiger partial charge in [-0.25, -0.2) is 4.79 Å². The van der Waals surface area contributed by atoms with E-state index < -0.39 is 0 Å². The van der Waals surface area contributed by atoms with Gasteiger partial charge in [-0.1, -0.05) is 50.6 Å². The van der Waals surface area contributed by atoms with Crippen LogP contribution in [0.25, 0.3) is 0 Å². The lowest BCUT2D eigenvalue weighted by Crippen LogP contribution is -2.45. The van der Waals surface area contributed by atoms with Crippen LogP contribution in [0.15, 0.2) is 36.0 Å². The summed E-state index contributed by atoms with van der Waals surface area (Å²) in [5.74, 6) is 0.371. The van der Waals surface area contributed by atoms with Crippen molar-refractivity contribution in [1.29, 1.82) is 0 Å². The number of ether oxygens (including phenoxy) is 1. The lowest BCUT2D eigenvalue weighted by molar-refractivity contribution is -0.0503. The smallest absolute Gasteiger partial charge is 0.407 e. The Morgan fingerprint density at radius 1 is 1.27 bits per heavy atom. The number of amides is 1. The number of alkyl carbamates (subject to hydrolysis) is 1. The topological polar surface area (TPSA) is 38.3 Å². The molecular weight excluding hydrogens is 274 g/mol. The third-order valence-corrected chi connectivity index (χ3v) is 4.78. The van der Waals surface area contributed by atoms with Crippen molar-refractivity contribution in [3.8, 4) is 0 Å². The van der Waals surface area contributed by atoms with Gasteiger partial charge in [0.25, 0.3) is 0 Å². The molecule has 2 aliphatic rings. The second kappa shape index (κ2) is 8.21. The molecule has 0 aromatic carbocycles. The molecule has 0 heterocycles. The summed E-state index contributed by atoms with van der Waals surface area (Å²) in [4.78, 5) is 12.1. The van der Waals surface area contributed by atoms with E-state index in [0.717, 1.165) is 38.5 Å². The van der Waals surface area contributed by atoms with Crippen molar-refractivity contribution in [3.05, 3.63) is 36.0 Å². The van der Waals surface area contributed by atoms with Gasteiger partial charge in [0, 0.05) is 6.54 Å². The van der Waals surface area contributed by atoms with Crippen molar-refractivity contribution in [2.24, 2.45) is 5.92 Å². The predicted octanol–water partition coefficient (Wildman–Crippen LogP) is 4.90. The summed E-state index contributed by atoms with van der Waals surface area (Å²) in [6, 6.07) is 0. The molecule has 1 N–H and O–H groups in total. The summed E-state index contributed by atoms with van der Waals surface area (Å²) in [6.07, 6.45) is 17.7. The van der Waals surface area contributed by atoms with Gasteiger partial charge in [0.1, 0.15) is 5.60 Å². The van der Waals surface area contributed by atoms with Crippen LogP contribution in [0, 0.1) is 5.92 Å². The Morgan fingerprint density at radius 2 is 2.05 bits per heavy atom. The third-order valence-electron chi connectivity index (χ3n) is 4.78. The normalized spacial score (nSPS) is 20.4. The molecule has 0 aromatic rings. The van der Waals surface area contributed by atoms with E-state index in [9.17, 15) is 4.79 Å². The van der Waals surface area contributed by atoms with E-state index in [0.29, 0.717) is 12.5 Å². The maximum Gasteiger partial charge on any atom is 0.407 e. The minimum Gasteiger partial charge on any atom is -0.443 e. The maximum atomic E-state index is 12.1. The summed E-state index contributed by atoms with van der Waals surface area (Å²) in [5, 5.41) is 2.92. The minimum absolute atomic E-state index is 0.257. The summed E-state index contributed by atoms with van der Waals surface area (Å²) in [7, 11) is 0. The zero-order valence-electron chi connectivity index (χ0n) is 13.9. The number of carbonyl (C=O) groups excluding carboxylic acids is 1. The van der Waals surface area contributed by atoms with Crippen LogP contribution in [0.2, 0.25) is 0 Å². The fraction of sp³-hybridized carbons (Fsp3) is 0.632. The van der Waals surface area contributed by atoms with Crippen molar-refractivity contribution < 1.29 is 9.53 Å². The SMILES string of the molecule is CC(C)C1(OC(=O)NCCC2=CC=CCC=C2)CCCCC1. The quantitative estimate of drug-likeness (QED) is 0.784. The summed E-state index contributed by atoms with van der Waals surface area (Å²) < 4.78 is 5.85. The molecule has 122 valence electrons. The average Bonchev–Trinajstić information content (AvgIpc) is 2.77. The van der Waals surface area contributed by atoms with Crippen LogP contribution in [0.1, 0.15) is 58.8 Å². The van der Waals surface area contributed by atoms with Crippen LogP contribution in [-0.2, 0) is 4.74 Å². The molecule has 0 spiro atoms. The molecule has 2 aliphatic carbocycles. The molecule has 0 saturated heterocycles. The third kappa shape index (κ3) is 4.75. The summed E-state index contributed by atoms with van der Waals surface area (Å²) in [6.45, 7) is 4.94. The summed E-state index contributed by atoms with van der Waals surface area (Å²) >= 11 is 0. The van der Waals surface area contributed by atoms with Crippen LogP contribution >= 0.6 is 0 Å². The number of allylic oxidation sites excluding steroid dienone is 5. The number of rotatable bonds is 5. The number of carbonyl (C=O) groups is 1. The molecule has 0 radical (unpaired) electrons. The minimum atomic E-state index is -0.260. The van der Waals surface area contributed by atoms with Gasteiger partial charge in [0.05, 0.1) is 0 Å². The second-order valence-corrected chi connectivity index (χ2v) is 6.65. The van der Waals surface area contributed by atoms with Gasteiger partial charge in [0.15, 0.2) is 0 Å². The highest BCUT2D eigenvalue weighted by Gasteiger charge is 2.38. The predicted molar refractivity (Wildman–Crippen MR) is 90.7 cm³/mol. The molecule has 3 heteroatoms. The van der Waals surface area contributed by atoms with E-state index in [2.05, 4.69) is 49.5 Å². The van der Waals surface area contributed by atoms with Crippen molar-refractivity contribution >= 4 is 6.09 Å². The van der Waals surface area contributed by atoms with E-state index in [1.807, 2.05) is 0 Å². The Labute approximate surface area is 134 Å². The molecule has 3 nitrogen and oxygen atoms in total. The van der Waals surface area contributed by atoms with Crippen molar-refractivity contribution in [2.45, 2.75) is 64.4 Å². The zero-order valence-corrected chi connectivity index (χ0v) is 13.9. The van der Waals surface area contributed by atoms with E-state index in [-0.39, 0.29) is 11.7 Å². The fourth-order valence-electron chi connectivity index (χ4n) is 3.27. The van der Waals surface area contributed by atoms with Gasteiger partial charge in [0.2, 0.25) is 0 Å². The largest absolute Gasteiger partial charge is 0.443 e. The summed E-state index contributed by atoms with van der Waals surface area (Å²) in [5.41, 5.74) is 0.984. The number of hydrogen-bond donors (Lipinski definition) is 1. The highest BCUT2D eigenvalue weighted by molar-refractivity contribution is 5.67. The Kier molecular flexibility index (Phi) is 6.29. The molecule has 1 saturated carbocycles. The van der Waals surface area contributed by atoms with Crippen molar-refractivity contribution in [3.63, 3.8) is 0 Å². The van der Waals surface area contributed by atoms with Crippen LogP contribution in [0.5, 0.6) is 0 Å². The molecule has 0 bridgehead atoms. The average molecular weight is 303 g/mol. The van der Waals surface area contributed by atoms with Gasteiger partial charge < -0.3 is 10.1 Å². The van der Waals surface area contributed by atoms with Gasteiger partial charge in [-0.05, 0) is 50.0 Å². The fourth-order valence-corrected chi connectivity index (χ4v) is 3.27. The van der Waals surface area contributed by atoms with Crippen LogP contribution in [0.4, 0.5) is 4.79 Å². The first-order valence-corrected chi connectivity index (χ1v) is 8.61. The Bertz CT molecular complexity index is 454. The number of hydrogen-bond acceptors (Lipinski definition) is 2. The van der Waals surface area contributed by atoms with E-state index in [4.69, 9.17) is 4.74 Å². The second-order valence-electron chi connectivity index (χ2n) is 6.65. The van der Waals surface area contributed by atoms with Gasteiger partial charge in [-0.2, -0.15) is 0 Å². The first-order chi connectivity index (χ1) is 10.6. The van der Waals surface area contributed by atoms with Gasteiger partial charge in [-0.15, -0.1) is 0 Å². The zero-order chi connectivity index (χ0) is 15.8. The van der Waals surface area contributed by atoms with E-state index in [1.165, 1.54) is 12.0 Å². The van der Waals surface area contributed by atoms with Crippen LogP contribution in [-0.4, -0.2) is 18.2 Å². The molecule has 0 atom stereocenters. The molecule has 1 amide bonds. The maximum absolute atomic E-state index is 12.1. The highest BCUT2D eigenvalue weighted by Crippen LogP contribution is 2.37. The monoisotopic (exact) mass is 303 g/mol. The first kappa shape index (κ1) is 16.9. The first-order valence-electron chi connectivity index (χ1n) is 8.61. The van der Waals surface area contributed by atoms with E-state index in [1.54, 1.807) is 0 Å². The lowest BCUT2D eigenvalue weighted by Gasteiger charge is -2.40. The molecule has 1 fully saturated rings. The molecule has 2 rings (SSSR count). The van der Waals surface area contributed by atoms with Crippen LogP contribution in [0.3, 0.4) is 0 Å². The Hall–Kier alpha value is -1.51. The Balaban J connectivity index is 1.79. The number of nitrogens with one attached hydrogen (secondary N) is 1.